The molecule has 2 aliphatic heterocycles. The maximum atomic E-state index is 13.4. The van der Waals surface area contributed by atoms with Gasteiger partial charge in [0, 0.05) is 19.5 Å². The molecule has 2 aliphatic rings. The van der Waals surface area contributed by atoms with Gasteiger partial charge in [-0.25, -0.2) is 9.18 Å². The van der Waals surface area contributed by atoms with Crippen LogP contribution in [0.15, 0.2) is 18.2 Å². The fourth-order valence-electron chi connectivity index (χ4n) is 4.19. The lowest BCUT2D eigenvalue weighted by molar-refractivity contribution is -0.155. The van der Waals surface area contributed by atoms with Crippen molar-refractivity contribution >= 4 is 11.9 Å². The van der Waals surface area contributed by atoms with Crippen molar-refractivity contribution in [3.05, 3.63) is 35.1 Å². The molecular weight excluding hydrogens is 335 g/mol. The minimum Gasteiger partial charge on any atom is -0.480 e. The van der Waals surface area contributed by atoms with Crippen LogP contribution in [0.5, 0.6) is 0 Å². The zero-order valence-electron chi connectivity index (χ0n) is 15.5. The van der Waals surface area contributed by atoms with E-state index in [0.717, 1.165) is 44.5 Å². The number of carboxylic acid groups (broad SMARTS) is 1. The van der Waals surface area contributed by atoms with E-state index >= 15 is 0 Å². The summed E-state index contributed by atoms with van der Waals surface area (Å²) in [5, 5.41) is 9.26. The van der Waals surface area contributed by atoms with Gasteiger partial charge in [0.15, 0.2) is 0 Å². The first-order chi connectivity index (χ1) is 12.3. The summed E-state index contributed by atoms with van der Waals surface area (Å²) in [6, 6.07) is 4.49. The normalized spacial score (nSPS) is 21.8. The summed E-state index contributed by atoms with van der Waals surface area (Å²) in [5.41, 5.74) is 1.81. The largest absolute Gasteiger partial charge is 0.480 e. The molecule has 1 aromatic carbocycles. The molecule has 0 aliphatic carbocycles. The van der Waals surface area contributed by atoms with Gasteiger partial charge in [-0.2, -0.15) is 0 Å². The van der Waals surface area contributed by atoms with Crippen molar-refractivity contribution in [2.75, 3.05) is 19.6 Å². The fourth-order valence-corrected chi connectivity index (χ4v) is 4.19. The van der Waals surface area contributed by atoms with E-state index < -0.39 is 12.0 Å². The van der Waals surface area contributed by atoms with E-state index in [4.69, 9.17) is 0 Å². The number of hydrogen-bond acceptors (Lipinski definition) is 3. The van der Waals surface area contributed by atoms with Gasteiger partial charge in [0.1, 0.15) is 11.9 Å². The number of carbonyl (C=O) groups excluding carboxylic acids is 1. The molecule has 0 aromatic heterocycles. The summed E-state index contributed by atoms with van der Waals surface area (Å²) in [4.78, 5) is 27.4. The molecule has 3 rings (SSSR count). The summed E-state index contributed by atoms with van der Waals surface area (Å²) in [6.45, 7) is 6.54. The van der Waals surface area contributed by atoms with Crippen molar-refractivity contribution in [1.29, 1.82) is 0 Å². The van der Waals surface area contributed by atoms with Crippen molar-refractivity contribution in [3.8, 4) is 0 Å². The van der Waals surface area contributed by atoms with Gasteiger partial charge >= 0.3 is 5.97 Å². The van der Waals surface area contributed by atoms with Crippen LogP contribution < -0.4 is 0 Å². The predicted octanol–water partition coefficient (Wildman–Crippen LogP) is 2.81. The topological polar surface area (TPSA) is 60.9 Å². The Morgan fingerprint density at radius 3 is 2.62 bits per heavy atom. The zero-order valence-corrected chi connectivity index (χ0v) is 15.5. The molecule has 0 radical (unpaired) electrons. The molecular formula is C20H27FN2O3. The lowest BCUT2D eigenvalue weighted by Gasteiger charge is -2.48. The Bertz CT molecular complexity index is 698. The van der Waals surface area contributed by atoms with E-state index in [1.54, 1.807) is 18.7 Å². The molecule has 2 heterocycles. The highest BCUT2D eigenvalue weighted by atomic mass is 19.1. The number of halogens is 1. The van der Waals surface area contributed by atoms with E-state index in [-0.39, 0.29) is 17.1 Å². The lowest BCUT2D eigenvalue weighted by atomic mass is 9.72. The zero-order chi connectivity index (χ0) is 18.9. The fraction of sp³-hybridized carbons (Fsp3) is 0.600. The summed E-state index contributed by atoms with van der Waals surface area (Å²) in [6.07, 6.45) is 3.21. The first-order valence-corrected chi connectivity index (χ1v) is 9.29. The van der Waals surface area contributed by atoms with Crippen LogP contribution in [0.1, 0.15) is 43.7 Å². The molecule has 2 saturated heterocycles. The Morgan fingerprint density at radius 1 is 1.31 bits per heavy atom. The minimum atomic E-state index is -0.945. The van der Waals surface area contributed by atoms with Crippen LogP contribution in [0.2, 0.25) is 0 Å². The molecule has 0 bridgehead atoms. The van der Waals surface area contributed by atoms with Crippen LogP contribution in [-0.4, -0.2) is 52.5 Å². The number of carbonyl (C=O) groups is 2. The highest BCUT2D eigenvalue weighted by molar-refractivity contribution is 5.84. The maximum absolute atomic E-state index is 13.4. The number of piperidine rings is 2. The van der Waals surface area contributed by atoms with Gasteiger partial charge < -0.3 is 10.0 Å². The first kappa shape index (κ1) is 18.8. The Kier molecular flexibility index (Phi) is 5.32. The molecule has 1 spiro atoms. The Hall–Kier alpha value is -1.95. The van der Waals surface area contributed by atoms with Crippen LogP contribution in [-0.2, 0) is 16.1 Å². The molecule has 5 nitrogen and oxygen atoms in total. The van der Waals surface area contributed by atoms with Crippen LogP contribution in [0.4, 0.5) is 4.39 Å². The van der Waals surface area contributed by atoms with Gasteiger partial charge in [-0.3, -0.25) is 9.69 Å². The van der Waals surface area contributed by atoms with Gasteiger partial charge in [0.25, 0.3) is 0 Å². The molecule has 1 N–H and O–H groups in total. The number of amides is 1. The molecule has 0 unspecified atom stereocenters. The Labute approximate surface area is 153 Å². The van der Waals surface area contributed by atoms with Gasteiger partial charge in [-0.1, -0.05) is 12.1 Å². The number of rotatable bonds is 4. The molecule has 26 heavy (non-hydrogen) atoms. The van der Waals surface area contributed by atoms with Gasteiger partial charge in [-0.15, -0.1) is 0 Å². The molecule has 142 valence electrons. The highest BCUT2D eigenvalue weighted by Crippen LogP contribution is 2.41. The van der Waals surface area contributed by atoms with Crippen LogP contribution in [0.25, 0.3) is 0 Å². The van der Waals surface area contributed by atoms with Crippen molar-refractivity contribution in [2.24, 2.45) is 5.41 Å². The van der Waals surface area contributed by atoms with Crippen molar-refractivity contribution in [2.45, 2.75) is 52.1 Å². The first-order valence-electron chi connectivity index (χ1n) is 9.29. The average molecular weight is 362 g/mol. The predicted molar refractivity (Wildman–Crippen MR) is 96.1 cm³/mol. The Balaban J connectivity index is 1.61. The second kappa shape index (κ2) is 7.35. The maximum Gasteiger partial charge on any atom is 0.326 e. The summed E-state index contributed by atoms with van der Waals surface area (Å²) >= 11 is 0. The minimum absolute atomic E-state index is 0.0346. The molecule has 6 heteroatoms. The highest BCUT2D eigenvalue weighted by Gasteiger charge is 2.43. The molecule has 1 amide bonds. The van der Waals surface area contributed by atoms with Crippen LogP contribution in [0.3, 0.4) is 0 Å². The Morgan fingerprint density at radius 2 is 2.00 bits per heavy atom. The number of carboxylic acids is 1. The third-order valence-corrected chi connectivity index (χ3v) is 6.07. The van der Waals surface area contributed by atoms with E-state index in [1.165, 1.54) is 6.07 Å². The number of nitrogens with zero attached hydrogens (tertiary/aromatic N) is 2. The lowest BCUT2D eigenvalue weighted by Crippen LogP contribution is -2.55. The summed E-state index contributed by atoms with van der Waals surface area (Å²) < 4.78 is 13.4. The SMILES string of the molecule is Cc1cc(CN2CCC3(CCC(=O)N([C@H](C)C(=O)O)C3)CC2)ccc1F. The smallest absolute Gasteiger partial charge is 0.326 e. The van der Waals surface area contributed by atoms with E-state index in [9.17, 15) is 19.1 Å². The summed E-state index contributed by atoms with van der Waals surface area (Å²) in [5.74, 6) is -1.17. The van der Waals surface area contributed by atoms with Gasteiger partial charge in [0.2, 0.25) is 5.91 Å². The van der Waals surface area contributed by atoms with E-state index in [1.807, 2.05) is 12.1 Å². The van der Waals surface area contributed by atoms with Crippen LogP contribution >= 0.6 is 0 Å². The average Bonchev–Trinajstić information content (AvgIpc) is 2.62. The number of benzene rings is 1. The van der Waals surface area contributed by atoms with E-state index in [2.05, 4.69) is 4.90 Å². The summed E-state index contributed by atoms with van der Waals surface area (Å²) in [7, 11) is 0. The quantitative estimate of drug-likeness (QED) is 0.895. The van der Waals surface area contributed by atoms with Crippen LogP contribution in [0, 0.1) is 18.2 Å². The third kappa shape index (κ3) is 3.90. The third-order valence-electron chi connectivity index (χ3n) is 6.07. The van der Waals surface area contributed by atoms with Crippen molar-refractivity contribution in [3.63, 3.8) is 0 Å². The standard InChI is InChI=1S/C20H27FN2O3/c1-14-11-16(3-4-17(14)21)12-22-9-7-20(8-10-22)6-5-18(24)23(13-20)15(2)19(25)26/h3-4,11,15H,5-10,12-13H2,1-2H3,(H,25,26)/t15-/m1/s1. The molecule has 2 fully saturated rings. The number of likely N-dealkylation sites (tertiary alicyclic amines) is 2. The second-order valence-corrected chi connectivity index (χ2v) is 7.90. The van der Waals surface area contributed by atoms with Gasteiger partial charge in [0.05, 0.1) is 0 Å². The monoisotopic (exact) mass is 362 g/mol. The number of aryl methyl sites for hydroxylation is 1. The number of aliphatic carboxylic acids is 1. The number of hydrogen-bond donors (Lipinski definition) is 1. The second-order valence-electron chi connectivity index (χ2n) is 7.90. The van der Waals surface area contributed by atoms with Crippen molar-refractivity contribution in [1.82, 2.24) is 9.80 Å². The van der Waals surface area contributed by atoms with E-state index in [0.29, 0.717) is 18.5 Å². The van der Waals surface area contributed by atoms with Gasteiger partial charge in [-0.05, 0) is 68.8 Å². The molecule has 0 saturated carbocycles. The molecule has 1 atom stereocenters. The molecule has 1 aromatic rings. The van der Waals surface area contributed by atoms with Crippen molar-refractivity contribution < 1.29 is 19.1 Å².